The van der Waals surface area contributed by atoms with E-state index in [0.717, 1.165) is 31.6 Å². The summed E-state index contributed by atoms with van der Waals surface area (Å²) >= 11 is 0. The number of nitrogens with zero attached hydrogens (tertiary/aromatic N) is 2. The van der Waals surface area contributed by atoms with Gasteiger partial charge in [0, 0.05) is 13.1 Å². The van der Waals surface area contributed by atoms with Crippen LogP contribution >= 0.6 is 0 Å². The van der Waals surface area contributed by atoms with Crippen molar-refractivity contribution in [3.63, 3.8) is 0 Å². The highest BCUT2D eigenvalue weighted by Crippen LogP contribution is 2.25. The topological polar surface area (TPSA) is 75.0 Å². The third kappa shape index (κ3) is 2.21. The summed E-state index contributed by atoms with van der Waals surface area (Å²) in [6.45, 7) is 8.02. The number of carbonyl (C=O) groups is 1. The summed E-state index contributed by atoms with van der Waals surface area (Å²) < 4.78 is 0. The van der Waals surface area contributed by atoms with Gasteiger partial charge >= 0.3 is 0 Å². The molecule has 1 aromatic rings. The number of aromatic amines is 1. The summed E-state index contributed by atoms with van der Waals surface area (Å²) in [7, 11) is 0. The molecule has 0 spiro atoms. The zero-order chi connectivity index (χ0) is 13.3. The number of nitrogens with one attached hydrogen (secondary N) is 1. The number of nitrogen functional groups attached to an aromatic ring is 1. The van der Waals surface area contributed by atoms with Gasteiger partial charge in [0.1, 0.15) is 0 Å². The predicted octanol–water partition coefficient (Wildman–Crippen LogP) is 1.67. The van der Waals surface area contributed by atoms with Crippen LogP contribution in [-0.4, -0.2) is 34.1 Å². The van der Waals surface area contributed by atoms with Crippen LogP contribution in [0.25, 0.3) is 0 Å². The lowest BCUT2D eigenvalue weighted by Gasteiger charge is -2.34. The number of piperidine rings is 1. The maximum atomic E-state index is 12.4. The average Bonchev–Trinajstić information content (AvgIpc) is 2.73. The molecule has 1 aliphatic heterocycles. The van der Waals surface area contributed by atoms with E-state index in [-0.39, 0.29) is 5.91 Å². The zero-order valence-electron chi connectivity index (χ0n) is 11.4. The van der Waals surface area contributed by atoms with Crippen molar-refractivity contribution in [2.24, 2.45) is 11.8 Å². The van der Waals surface area contributed by atoms with E-state index in [0.29, 0.717) is 23.2 Å². The van der Waals surface area contributed by atoms with E-state index in [9.17, 15) is 4.79 Å². The summed E-state index contributed by atoms with van der Waals surface area (Å²) in [5, 5.41) is 6.91. The van der Waals surface area contributed by atoms with Crippen LogP contribution in [-0.2, 0) is 6.42 Å². The maximum absolute atomic E-state index is 12.4. The molecule has 1 aliphatic rings. The molecule has 5 heteroatoms. The highest BCUT2D eigenvalue weighted by molar-refractivity contribution is 5.97. The number of anilines is 1. The number of likely N-dealkylation sites (tertiary alicyclic amines) is 1. The van der Waals surface area contributed by atoms with Gasteiger partial charge in [0.2, 0.25) is 0 Å². The van der Waals surface area contributed by atoms with Gasteiger partial charge in [-0.25, -0.2) is 0 Å². The third-order valence-electron chi connectivity index (χ3n) is 4.06. The van der Waals surface area contributed by atoms with Crippen LogP contribution in [0.15, 0.2) is 0 Å². The lowest BCUT2D eigenvalue weighted by atomic mass is 9.88. The second-order valence-corrected chi connectivity index (χ2v) is 5.31. The molecule has 0 radical (unpaired) electrons. The van der Waals surface area contributed by atoms with Crippen molar-refractivity contribution in [3.05, 3.63) is 11.4 Å². The molecule has 0 aromatic carbocycles. The van der Waals surface area contributed by atoms with Crippen molar-refractivity contribution < 1.29 is 4.79 Å². The molecule has 18 heavy (non-hydrogen) atoms. The van der Waals surface area contributed by atoms with E-state index in [1.165, 1.54) is 0 Å². The second kappa shape index (κ2) is 5.00. The number of aromatic nitrogens is 2. The molecule has 0 saturated carbocycles. The number of nitrogens with two attached hydrogens (primary N) is 1. The van der Waals surface area contributed by atoms with Crippen LogP contribution in [0.4, 0.5) is 5.69 Å². The minimum absolute atomic E-state index is 0.0396. The summed E-state index contributed by atoms with van der Waals surface area (Å²) in [4.78, 5) is 14.2. The minimum atomic E-state index is -0.0396. The SMILES string of the molecule is CCc1[nH]nc(C(=O)N2CCC(C)C(C)C2)c1N. The molecule has 1 fully saturated rings. The fraction of sp³-hybridized carbons (Fsp3) is 0.692. The van der Waals surface area contributed by atoms with Crippen molar-refractivity contribution in [1.29, 1.82) is 0 Å². The van der Waals surface area contributed by atoms with Gasteiger partial charge in [-0.3, -0.25) is 9.89 Å². The van der Waals surface area contributed by atoms with Gasteiger partial charge < -0.3 is 10.6 Å². The molecule has 1 amide bonds. The highest BCUT2D eigenvalue weighted by Gasteiger charge is 2.29. The largest absolute Gasteiger partial charge is 0.395 e. The molecule has 1 saturated heterocycles. The molecule has 2 unspecified atom stereocenters. The highest BCUT2D eigenvalue weighted by atomic mass is 16.2. The van der Waals surface area contributed by atoms with Crippen LogP contribution in [0, 0.1) is 11.8 Å². The van der Waals surface area contributed by atoms with E-state index >= 15 is 0 Å². The van der Waals surface area contributed by atoms with Gasteiger partial charge in [0.25, 0.3) is 5.91 Å². The summed E-state index contributed by atoms with van der Waals surface area (Å²) in [6.07, 6.45) is 1.82. The van der Waals surface area contributed by atoms with Crippen molar-refractivity contribution in [1.82, 2.24) is 15.1 Å². The molecule has 2 heterocycles. The van der Waals surface area contributed by atoms with Crippen molar-refractivity contribution in [2.75, 3.05) is 18.8 Å². The van der Waals surface area contributed by atoms with Crippen LogP contribution in [0.5, 0.6) is 0 Å². The maximum Gasteiger partial charge on any atom is 0.276 e. The predicted molar refractivity (Wildman–Crippen MR) is 71.2 cm³/mol. The van der Waals surface area contributed by atoms with E-state index in [2.05, 4.69) is 24.0 Å². The zero-order valence-corrected chi connectivity index (χ0v) is 11.4. The Labute approximate surface area is 108 Å². The number of rotatable bonds is 2. The van der Waals surface area contributed by atoms with Gasteiger partial charge in [0.05, 0.1) is 11.4 Å². The van der Waals surface area contributed by atoms with Crippen molar-refractivity contribution in [3.8, 4) is 0 Å². The Morgan fingerprint density at radius 3 is 2.78 bits per heavy atom. The molecule has 2 rings (SSSR count). The van der Waals surface area contributed by atoms with E-state index < -0.39 is 0 Å². The third-order valence-corrected chi connectivity index (χ3v) is 4.06. The Morgan fingerprint density at radius 1 is 1.50 bits per heavy atom. The molecule has 100 valence electrons. The lowest BCUT2D eigenvalue weighted by molar-refractivity contribution is 0.0622. The normalized spacial score (nSPS) is 24.3. The van der Waals surface area contributed by atoms with Crippen molar-refractivity contribution in [2.45, 2.75) is 33.6 Å². The smallest absolute Gasteiger partial charge is 0.276 e. The Hall–Kier alpha value is -1.52. The van der Waals surface area contributed by atoms with Crippen LogP contribution < -0.4 is 5.73 Å². The first-order valence-corrected chi connectivity index (χ1v) is 6.66. The Kier molecular flexibility index (Phi) is 3.59. The molecule has 0 aliphatic carbocycles. The van der Waals surface area contributed by atoms with Crippen molar-refractivity contribution >= 4 is 11.6 Å². The first-order valence-electron chi connectivity index (χ1n) is 6.66. The number of carbonyl (C=O) groups excluding carboxylic acids is 1. The van der Waals surface area contributed by atoms with Gasteiger partial charge in [-0.1, -0.05) is 20.8 Å². The monoisotopic (exact) mass is 250 g/mol. The van der Waals surface area contributed by atoms with Gasteiger partial charge in [-0.05, 0) is 24.7 Å². The molecule has 3 N–H and O–H groups in total. The fourth-order valence-corrected chi connectivity index (χ4v) is 2.42. The summed E-state index contributed by atoms with van der Waals surface area (Å²) in [5.74, 6) is 1.17. The number of aryl methyl sites for hydroxylation is 1. The van der Waals surface area contributed by atoms with E-state index in [1.807, 2.05) is 11.8 Å². The number of hydrogen-bond acceptors (Lipinski definition) is 3. The Bertz CT molecular complexity index is 440. The van der Waals surface area contributed by atoms with Crippen LogP contribution in [0.3, 0.4) is 0 Å². The fourth-order valence-electron chi connectivity index (χ4n) is 2.42. The lowest BCUT2D eigenvalue weighted by Crippen LogP contribution is -2.42. The average molecular weight is 250 g/mol. The number of hydrogen-bond donors (Lipinski definition) is 2. The molecule has 5 nitrogen and oxygen atoms in total. The molecule has 1 aromatic heterocycles. The molecular weight excluding hydrogens is 228 g/mol. The van der Waals surface area contributed by atoms with Gasteiger partial charge in [-0.15, -0.1) is 0 Å². The summed E-state index contributed by atoms with van der Waals surface area (Å²) in [6, 6.07) is 0. The molecular formula is C13H22N4O. The number of amides is 1. The first kappa shape index (κ1) is 12.9. The van der Waals surface area contributed by atoms with Gasteiger partial charge in [-0.2, -0.15) is 5.10 Å². The second-order valence-electron chi connectivity index (χ2n) is 5.31. The minimum Gasteiger partial charge on any atom is -0.395 e. The van der Waals surface area contributed by atoms with E-state index in [4.69, 9.17) is 5.73 Å². The van der Waals surface area contributed by atoms with Crippen LogP contribution in [0.1, 0.15) is 43.4 Å². The number of H-pyrrole nitrogens is 1. The molecule has 0 bridgehead atoms. The first-order chi connectivity index (χ1) is 8.54. The van der Waals surface area contributed by atoms with Gasteiger partial charge in [0.15, 0.2) is 5.69 Å². The van der Waals surface area contributed by atoms with E-state index in [1.54, 1.807) is 0 Å². The Morgan fingerprint density at radius 2 is 2.22 bits per heavy atom. The molecule has 2 atom stereocenters. The standard InChI is InChI=1S/C13H22N4O/c1-4-10-11(14)12(16-15-10)13(18)17-6-5-8(2)9(3)7-17/h8-9H,4-7,14H2,1-3H3,(H,15,16). The summed E-state index contributed by atoms with van der Waals surface area (Å²) in [5.41, 5.74) is 7.68. The quantitative estimate of drug-likeness (QED) is 0.838. The van der Waals surface area contributed by atoms with Crippen LogP contribution in [0.2, 0.25) is 0 Å². The Balaban J connectivity index is 2.14.